The first-order valence-corrected chi connectivity index (χ1v) is 6.28. The first-order chi connectivity index (χ1) is 8.32. The minimum atomic E-state index is -0.958. The smallest absolute Gasteiger partial charge is 0.318 e. The van der Waals surface area contributed by atoms with E-state index in [0.29, 0.717) is 4.90 Å². The lowest BCUT2D eigenvalue weighted by molar-refractivity contribution is -0.135. The summed E-state index contributed by atoms with van der Waals surface area (Å²) in [7, 11) is 0. The van der Waals surface area contributed by atoms with Gasteiger partial charge in [0.2, 0.25) is 0 Å². The van der Waals surface area contributed by atoms with Gasteiger partial charge in [-0.2, -0.15) is 0 Å². The van der Waals surface area contributed by atoms with Crippen LogP contribution in [0.25, 0.3) is 0 Å². The zero-order chi connectivity index (χ0) is 14.1. The van der Waals surface area contributed by atoms with Crippen molar-refractivity contribution in [2.45, 2.75) is 25.7 Å². The van der Waals surface area contributed by atoms with Crippen molar-refractivity contribution in [3.8, 4) is 11.5 Å². The van der Waals surface area contributed by atoms with Crippen LogP contribution in [0.2, 0.25) is 0 Å². The number of carboxylic acid groups (broad SMARTS) is 1. The lowest BCUT2D eigenvalue weighted by Crippen LogP contribution is -2.15. The quantitative estimate of drug-likeness (QED) is 0.497. The fourth-order valence-electron chi connectivity index (χ4n) is 0.748. The number of carbonyl (C=O) groups is 1. The molecule has 1 rings (SSSR count). The van der Waals surface area contributed by atoms with Gasteiger partial charge in [-0.3, -0.25) is 4.79 Å². The molecule has 0 saturated carbocycles. The summed E-state index contributed by atoms with van der Waals surface area (Å²) in [6.07, 6.45) is 0. The van der Waals surface area contributed by atoms with Crippen molar-refractivity contribution in [1.29, 1.82) is 0 Å². The zero-order valence-corrected chi connectivity index (χ0v) is 11.5. The zero-order valence-electron chi connectivity index (χ0n) is 10.7. The first kappa shape index (κ1) is 16.6. The Morgan fingerprint density at radius 1 is 1.28 bits per heavy atom. The minimum absolute atomic E-state index is 0.174. The number of rotatable bonds is 4. The Balaban J connectivity index is 0.000000631. The number of hydrogen-bond donors (Lipinski definition) is 4. The predicted octanol–water partition coefficient (Wildman–Crippen LogP) is 2.44. The highest BCUT2D eigenvalue weighted by Crippen LogP contribution is 2.28. The molecular weight excluding hydrogens is 254 g/mol. The second-order valence-corrected chi connectivity index (χ2v) is 5.16. The standard InChI is InChI=1S/C8H9NO4S.C4H10/c10-6-2-1-5(3-7(6)11)14-9-4-8(12)13;1-4(2)3/h1-3,9-11H,4H2,(H,12,13);4H,1-3H3. The number of nitrogens with one attached hydrogen (secondary N) is 1. The minimum Gasteiger partial charge on any atom is -0.504 e. The molecule has 1 aromatic rings. The molecule has 0 fully saturated rings. The average molecular weight is 273 g/mol. The van der Waals surface area contributed by atoms with Gasteiger partial charge < -0.3 is 15.3 Å². The number of phenols is 2. The Morgan fingerprint density at radius 3 is 2.28 bits per heavy atom. The molecule has 0 unspecified atom stereocenters. The number of aromatic hydroxyl groups is 2. The molecule has 0 bridgehead atoms. The summed E-state index contributed by atoms with van der Waals surface area (Å²) in [5, 5.41) is 26.4. The van der Waals surface area contributed by atoms with E-state index in [0.717, 1.165) is 17.9 Å². The maximum Gasteiger partial charge on any atom is 0.318 e. The highest BCUT2D eigenvalue weighted by molar-refractivity contribution is 7.97. The Kier molecular flexibility index (Phi) is 7.98. The van der Waals surface area contributed by atoms with Crippen molar-refractivity contribution in [3.63, 3.8) is 0 Å². The van der Waals surface area contributed by atoms with E-state index in [2.05, 4.69) is 25.5 Å². The lowest BCUT2D eigenvalue weighted by Gasteiger charge is -2.02. The largest absolute Gasteiger partial charge is 0.504 e. The van der Waals surface area contributed by atoms with Gasteiger partial charge in [0.1, 0.15) is 6.54 Å². The maximum absolute atomic E-state index is 10.1. The van der Waals surface area contributed by atoms with E-state index in [-0.39, 0.29) is 18.0 Å². The van der Waals surface area contributed by atoms with Gasteiger partial charge in [0, 0.05) is 4.90 Å². The van der Waals surface area contributed by atoms with Crippen LogP contribution in [-0.4, -0.2) is 27.8 Å². The molecule has 4 N–H and O–H groups in total. The third-order valence-electron chi connectivity index (χ3n) is 1.36. The van der Waals surface area contributed by atoms with E-state index in [1.165, 1.54) is 12.1 Å². The van der Waals surface area contributed by atoms with Gasteiger partial charge in [0.05, 0.1) is 0 Å². The van der Waals surface area contributed by atoms with Gasteiger partial charge in [-0.1, -0.05) is 20.8 Å². The predicted molar refractivity (Wildman–Crippen MR) is 71.8 cm³/mol. The van der Waals surface area contributed by atoms with Crippen LogP contribution in [-0.2, 0) is 4.79 Å². The summed E-state index contributed by atoms with van der Waals surface area (Å²) in [5.74, 6) is -0.555. The van der Waals surface area contributed by atoms with E-state index in [4.69, 9.17) is 15.3 Å². The highest BCUT2D eigenvalue weighted by atomic mass is 32.2. The molecule has 18 heavy (non-hydrogen) atoms. The van der Waals surface area contributed by atoms with Crippen molar-refractivity contribution >= 4 is 17.9 Å². The molecule has 0 aliphatic heterocycles. The Morgan fingerprint density at radius 2 is 1.83 bits per heavy atom. The Bertz CT molecular complexity index is 380. The SMILES string of the molecule is CC(C)C.O=C(O)CNSc1ccc(O)c(O)c1. The van der Waals surface area contributed by atoms with Gasteiger partial charge in [-0.15, -0.1) is 0 Å². The average Bonchev–Trinajstić information content (AvgIpc) is 2.22. The van der Waals surface area contributed by atoms with Crippen molar-refractivity contribution < 1.29 is 20.1 Å². The van der Waals surface area contributed by atoms with Gasteiger partial charge in [-0.25, -0.2) is 4.72 Å². The van der Waals surface area contributed by atoms with Crippen LogP contribution in [0.3, 0.4) is 0 Å². The van der Waals surface area contributed by atoms with E-state index in [1.54, 1.807) is 6.07 Å². The summed E-state index contributed by atoms with van der Waals surface area (Å²) < 4.78 is 2.57. The molecule has 6 heteroatoms. The molecule has 102 valence electrons. The number of carboxylic acids is 1. The molecule has 0 amide bonds. The second kappa shape index (κ2) is 8.66. The molecular formula is C12H19NO4S. The normalized spacial score (nSPS) is 9.78. The summed E-state index contributed by atoms with van der Waals surface area (Å²) in [5.41, 5.74) is 0. The fraction of sp³-hybridized carbons (Fsp3) is 0.417. The fourth-order valence-corrected chi connectivity index (χ4v) is 1.42. The number of hydrogen-bond acceptors (Lipinski definition) is 5. The highest BCUT2D eigenvalue weighted by Gasteiger charge is 2.02. The van der Waals surface area contributed by atoms with E-state index < -0.39 is 5.97 Å². The lowest BCUT2D eigenvalue weighted by atomic mass is 10.3. The molecule has 1 aromatic carbocycles. The topological polar surface area (TPSA) is 89.8 Å². The van der Waals surface area contributed by atoms with Crippen molar-refractivity contribution in [3.05, 3.63) is 18.2 Å². The van der Waals surface area contributed by atoms with Crippen molar-refractivity contribution in [2.24, 2.45) is 5.92 Å². The summed E-state index contributed by atoms with van der Waals surface area (Å²) in [4.78, 5) is 10.8. The molecule has 0 radical (unpaired) electrons. The van der Waals surface area contributed by atoms with E-state index in [9.17, 15) is 4.79 Å². The van der Waals surface area contributed by atoms with E-state index in [1.807, 2.05) is 0 Å². The van der Waals surface area contributed by atoms with Crippen LogP contribution in [0, 0.1) is 5.92 Å². The second-order valence-electron chi connectivity index (χ2n) is 4.20. The van der Waals surface area contributed by atoms with Gasteiger partial charge >= 0.3 is 5.97 Å². The molecule has 0 atom stereocenters. The molecule has 0 aromatic heterocycles. The monoisotopic (exact) mass is 273 g/mol. The van der Waals surface area contributed by atoms with Crippen LogP contribution < -0.4 is 4.72 Å². The van der Waals surface area contributed by atoms with Crippen molar-refractivity contribution in [1.82, 2.24) is 4.72 Å². The molecule has 0 saturated heterocycles. The third-order valence-corrected chi connectivity index (χ3v) is 2.14. The van der Waals surface area contributed by atoms with Crippen LogP contribution in [0.5, 0.6) is 11.5 Å². The van der Waals surface area contributed by atoms with Crippen LogP contribution in [0.15, 0.2) is 23.1 Å². The van der Waals surface area contributed by atoms with Gasteiger partial charge in [0.15, 0.2) is 11.5 Å². The number of aliphatic carboxylic acids is 1. The van der Waals surface area contributed by atoms with Crippen LogP contribution in [0.4, 0.5) is 0 Å². The third kappa shape index (κ3) is 8.72. The van der Waals surface area contributed by atoms with Crippen LogP contribution >= 0.6 is 11.9 Å². The summed E-state index contributed by atoms with van der Waals surface area (Å²) in [6.45, 7) is 6.33. The van der Waals surface area contributed by atoms with Gasteiger partial charge in [0.25, 0.3) is 0 Å². The maximum atomic E-state index is 10.1. The molecule has 0 aliphatic carbocycles. The van der Waals surface area contributed by atoms with Crippen LogP contribution in [0.1, 0.15) is 20.8 Å². The molecule has 0 spiro atoms. The van der Waals surface area contributed by atoms with Gasteiger partial charge in [-0.05, 0) is 36.1 Å². The van der Waals surface area contributed by atoms with Crippen molar-refractivity contribution in [2.75, 3.05) is 6.54 Å². The number of benzene rings is 1. The Hall–Kier alpha value is -1.40. The summed E-state index contributed by atoms with van der Waals surface area (Å²) in [6, 6.07) is 4.24. The van der Waals surface area contributed by atoms with E-state index >= 15 is 0 Å². The molecule has 0 heterocycles. The molecule has 0 aliphatic rings. The Labute approximate surface area is 111 Å². The number of phenolic OH excluding ortho intramolecular Hbond substituents is 2. The molecule has 5 nitrogen and oxygen atoms in total. The summed E-state index contributed by atoms with van der Waals surface area (Å²) >= 11 is 1.07. The first-order valence-electron chi connectivity index (χ1n) is 5.46.